The van der Waals surface area contributed by atoms with Crippen molar-refractivity contribution in [2.45, 2.75) is 13.5 Å². The zero-order valence-electron chi connectivity index (χ0n) is 16.9. The van der Waals surface area contributed by atoms with Crippen LogP contribution in [-0.2, 0) is 6.61 Å². The number of nitrogens with zero attached hydrogens (tertiary/aromatic N) is 1. The van der Waals surface area contributed by atoms with E-state index >= 15 is 0 Å². The number of amides is 1. The lowest BCUT2D eigenvalue weighted by molar-refractivity contribution is 0.0955. The van der Waals surface area contributed by atoms with Gasteiger partial charge in [0.05, 0.1) is 27.9 Å². The standard InChI is InChI=1S/C23H18BrCl3N2O3/c1-2-31-21-10-14(12-28-29-23(30)17-5-3-4-6-19(17)26)9-18(24)22(21)32-13-15-7-8-16(25)11-20(15)27/h3-12H,2,13H2,1H3,(H,29,30)/b28-12-. The summed E-state index contributed by atoms with van der Waals surface area (Å²) in [6.07, 6.45) is 1.50. The molecule has 0 unspecified atom stereocenters. The Morgan fingerprint density at radius 2 is 1.84 bits per heavy atom. The summed E-state index contributed by atoms with van der Waals surface area (Å²) in [6, 6.07) is 15.5. The second-order valence-electron chi connectivity index (χ2n) is 6.47. The van der Waals surface area contributed by atoms with Gasteiger partial charge in [0.25, 0.3) is 5.91 Å². The number of hydrogen-bond acceptors (Lipinski definition) is 4. The Labute approximate surface area is 209 Å². The van der Waals surface area contributed by atoms with Crippen LogP contribution in [0, 0.1) is 0 Å². The van der Waals surface area contributed by atoms with Gasteiger partial charge in [-0.05, 0) is 64.8 Å². The first-order valence-electron chi connectivity index (χ1n) is 9.50. The van der Waals surface area contributed by atoms with Crippen molar-refractivity contribution in [1.82, 2.24) is 5.43 Å². The van der Waals surface area contributed by atoms with Crippen LogP contribution >= 0.6 is 50.7 Å². The van der Waals surface area contributed by atoms with Crippen molar-refractivity contribution in [1.29, 1.82) is 0 Å². The van der Waals surface area contributed by atoms with Gasteiger partial charge in [-0.1, -0.05) is 53.0 Å². The summed E-state index contributed by atoms with van der Waals surface area (Å²) in [5.41, 5.74) is 4.29. The fourth-order valence-corrected chi connectivity index (χ4v) is 3.98. The number of carbonyl (C=O) groups excluding carboxylic acids is 1. The lowest BCUT2D eigenvalue weighted by Gasteiger charge is -2.15. The van der Waals surface area contributed by atoms with E-state index in [-0.39, 0.29) is 6.61 Å². The van der Waals surface area contributed by atoms with Crippen LogP contribution in [0.25, 0.3) is 0 Å². The molecule has 32 heavy (non-hydrogen) atoms. The van der Waals surface area contributed by atoms with Gasteiger partial charge in [-0.15, -0.1) is 0 Å². The monoisotopic (exact) mass is 554 g/mol. The summed E-state index contributed by atoms with van der Waals surface area (Å²) in [5, 5.41) is 5.44. The van der Waals surface area contributed by atoms with Gasteiger partial charge >= 0.3 is 0 Å². The fraction of sp³-hybridized carbons (Fsp3) is 0.130. The van der Waals surface area contributed by atoms with Gasteiger partial charge in [-0.25, -0.2) is 5.43 Å². The summed E-state index contributed by atoms with van der Waals surface area (Å²) in [4.78, 5) is 12.2. The maximum atomic E-state index is 12.2. The molecule has 0 fully saturated rings. The van der Waals surface area contributed by atoms with Crippen LogP contribution in [-0.4, -0.2) is 18.7 Å². The third-order valence-electron chi connectivity index (χ3n) is 4.22. The molecule has 0 aliphatic heterocycles. The molecule has 0 aromatic heterocycles. The lowest BCUT2D eigenvalue weighted by Crippen LogP contribution is -2.17. The molecule has 0 aliphatic carbocycles. The van der Waals surface area contributed by atoms with Crippen molar-refractivity contribution >= 4 is 62.9 Å². The van der Waals surface area contributed by atoms with Crippen LogP contribution in [0.1, 0.15) is 28.4 Å². The van der Waals surface area contributed by atoms with Crippen molar-refractivity contribution in [3.63, 3.8) is 0 Å². The number of hydrazone groups is 1. The number of rotatable bonds is 8. The largest absolute Gasteiger partial charge is 0.490 e. The van der Waals surface area contributed by atoms with Crippen LogP contribution in [0.3, 0.4) is 0 Å². The SMILES string of the molecule is CCOc1cc(/C=N\NC(=O)c2ccccc2Cl)cc(Br)c1OCc1ccc(Cl)cc1Cl. The Bertz CT molecular complexity index is 1160. The topological polar surface area (TPSA) is 59.9 Å². The zero-order valence-corrected chi connectivity index (χ0v) is 20.7. The highest BCUT2D eigenvalue weighted by atomic mass is 79.9. The molecule has 0 saturated carbocycles. The van der Waals surface area contributed by atoms with Crippen LogP contribution in [0.2, 0.25) is 15.1 Å². The number of benzene rings is 3. The number of hydrogen-bond donors (Lipinski definition) is 1. The van der Waals surface area contributed by atoms with Crippen molar-refractivity contribution in [3.05, 3.63) is 90.8 Å². The highest BCUT2D eigenvalue weighted by molar-refractivity contribution is 9.10. The number of ether oxygens (including phenoxy) is 2. The van der Waals surface area contributed by atoms with Crippen LogP contribution in [0.4, 0.5) is 0 Å². The quantitative estimate of drug-likeness (QED) is 0.237. The molecule has 3 aromatic carbocycles. The predicted octanol–water partition coefficient (Wildman–Crippen LogP) is 7.15. The number of nitrogens with one attached hydrogen (secondary N) is 1. The van der Waals surface area contributed by atoms with Crippen molar-refractivity contribution in [3.8, 4) is 11.5 Å². The second-order valence-corrected chi connectivity index (χ2v) is 8.57. The molecule has 0 saturated heterocycles. The molecule has 166 valence electrons. The Morgan fingerprint density at radius 1 is 1.06 bits per heavy atom. The maximum Gasteiger partial charge on any atom is 0.272 e. The maximum absolute atomic E-state index is 12.2. The normalized spacial score (nSPS) is 10.9. The molecule has 0 atom stereocenters. The Morgan fingerprint density at radius 3 is 2.56 bits per heavy atom. The Balaban J connectivity index is 1.75. The summed E-state index contributed by atoms with van der Waals surface area (Å²) in [7, 11) is 0. The average molecular weight is 557 g/mol. The van der Waals surface area contributed by atoms with Gasteiger partial charge < -0.3 is 9.47 Å². The number of halogens is 4. The summed E-state index contributed by atoms with van der Waals surface area (Å²) >= 11 is 21.7. The fourth-order valence-electron chi connectivity index (χ4n) is 2.73. The van der Waals surface area contributed by atoms with E-state index < -0.39 is 5.91 Å². The molecule has 0 bridgehead atoms. The molecule has 1 amide bonds. The third-order valence-corrected chi connectivity index (χ3v) is 5.72. The van der Waals surface area contributed by atoms with E-state index in [1.54, 1.807) is 48.5 Å². The highest BCUT2D eigenvalue weighted by Crippen LogP contribution is 2.37. The predicted molar refractivity (Wildman–Crippen MR) is 133 cm³/mol. The second kappa shape index (κ2) is 11.6. The molecule has 0 spiro atoms. The lowest BCUT2D eigenvalue weighted by atomic mass is 10.2. The Hall–Kier alpha value is -2.25. The van der Waals surface area contributed by atoms with Gasteiger partial charge in [0, 0.05) is 15.6 Å². The van der Waals surface area contributed by atoms with Crippen molar-refractivity contribution in [2.24, 2.45) is 5.10 Å². The molecule has 1 N–H and O–H groups in total. The van der Waals surface area contributed by atoms with Crippen LogP contribution in [0.5, 0.6) is 11.5 Å². The highest BCUT2D eigenvalue weighted by Gasteiger charge is 2.14. The van der Waals surface area contributed by atoms with Gasteiger partial charge in [-0.2, -0.15) is 5.10 Å². The van der Waals surface area contributed by atoms with Crippen molar-refractivity contribution in [2.75, 3.05) is 6.61 Å². The van der Waals surface area contributed by atoms with E-state index in [1.807, 2.05) is 13.0 Å². The smallest absolute Gasteiger partial charge is 0.272 e. The van der Waals surface area contributed by atoms with Gasteiger partial charge in [0.15, 0.2) is 11.5 Å². The first kappa shape index (κ1) is 24.4. The van der Waals surface area contributed by atoms with E-state index in [1.165, 1.54) is 6.21 Å². The molecule has 3 aromatic rings. The summed E-state index contributed by atoms with van der Waals surface area (Å²) in [6.45, 7) is 2.54. The van der Waals surface area contributed by atoms with E-state index in [9.17, 15) is 4.79 Å². The zero-order chi connectivity index (χ0) is 23.1. The van der Waals surface area contributed by atoms with Gasteiger partial charge in [-0.3, -0.25) is 4.79 Å². The van der Waals surface area contributed by atoms with Crippen molar-refractivity contribution < 1.29 is 14.3 Å². The summed E-state index contributed by atoms with van der Waals surface area (Å²) in [5.74, 6) is 0.636. The number of carbonyl (C=O) groups is 1. The van der Waals surface area contributed by atoms with E-state index in [0.717, 1.165) is 5.56 Å². The van der Waals surface area contributed by atoms with Gasteiger partial charge in [0.2, 0.25) is 0 Å². The Kier molecular flexibility index (Phi) is 8.82. The molecule has 9 heteroatoms. The van der Waals surface area contributed by atoms with E-state index in [0.29, 0.717) is 48.8 Å². The molecule has 0 aliphatic rings. The van der Waals surface area contributed by atoms with Crippen LogP contribution in [0.15, 0.2) is 64.2 Å². The molecule has 0 heterocycles. The molecule has 0 radical (unpaired) electrons. The first-order valence-corrected chi connectivity index (χ1v) is 11.4. The molecular weight excluding hydrogens is 539 g/mol. The molecular formula is C23H18BrCl3N2O3. The van der Waals surface area contributed by atoms with E-state index in [4.69, 9.17) is 44.3 Å². The molecule has 5 nitrogen and oxygen atoms in total. The van der Waals surface area contributed by atoms with Gasteiger partial charge in [0.1, 0.15) is 6.61 Å². The minimum absolute atomic E-state index is 0.232. The van der Waals surface area contributed by atoms with E-state index in [2.05, 4.69) is 26.5 Å². The third kappa shape index (κ3) is 6.39. The minimum atomic E-state index is -0.407. The van der Waals surface area contributed by atoms with Crippen LogP contribution < -0.4 is 14.9 Å². The minimum Gasteiger partial charge on any atom is -0.490 e. The summed E-state index contributed by atoms with van der Waals surface area (Å²) < 4.78 is 12.4. The first-order chi connectivity index (χ1) is 15.4. The molecule has 3 rings (SSSR count). The average Bonchev–Trinajstić information content (AvgIpc) is 2.75.